The van der Waals surface area contributed by atoms with Crippen LogP contribution in [0.2, 0.25) is 6.32 Å². The lowest BCUT2D eigenvalue weighted by Crippen LogP contribution is -2.43. The van der Waals surface area contributed by atoms with Crippen molar-refractivity contribution in [3.8, 4) is 11.1 Å². The van der Waals surface area contributed by atoms with E-state index in [4.69, 9.17) is 10.0 Å². The minimum atomic E-state index is -1.33. The van der Waals surface area contributed by atoms with Crippen LogP contribution in [0.1, 0.15) is 36.0 Å². The first-order chi connectivity index (χ1) is 17.3. The number of hydrogen-bond acceptors (Lipinski definition) is 5. The maximum absolute atomic E-state index is 13.2. The van der Waals surface area contributed by atoms with Crippen molar-refractivity contribution in [2.24, 2.45) is 0 Å². The summed E-state index contributed by atoms with van der Waals surface area (Å²) in [5, 5.41) is 23.9. The first kappa shape index (κ1) is 27.0. The van der Waals surface area contributed by atoms with Crippen LogP contribution in [-0.4, -0.2) is 49.1 Å². The topological polar surface area (TPSA) is 102 Å². The van der Waals surface area contributed by atoms with Gasteiger partial charge in [0.05, 0.1) is 0 Å². The van der Waals surface area contributed by atoms with Crippen molar-refractivity contribution >= 4 is 30.3 Å². The molecule has 1 unspecified atom stereocenters. The van der Waals surface area contributed by atoms with E-state index in [-0.39, 0.29) is 18.1 Å². The Morgan fingerprint density at radius 1 is 0.861 bits per heavy atom. The molecule has 3 aromatic carbocycles. The Morgan fingerprint density at radius 3 is 2.22 bits per heavy atom. The van der Waals surface area contributed by atoms with Crippen molar-refractivity contribution < 1.29 is 19.6 Å². The molecule has 0 saturated heterocycles. The van der Waals surface area contributed by atoms with Crippen LogP contribution in [0, 0.1) is 0 Å². The van der Waals surface area contributed by atoms with Crippen LogP contribution in [0.25, 0.3) is 11.1 Å². The molecular formula is C28H34BN3O4. The molecule has 188 valence electrons. The summed E-state index contributed by atoms with van der Waals surface area (Å²) in [6.45, 7) is 0. The summed E-state index contributed by atoms with van der Waals surface area (Å²) in [5.74, 6) is -0.607. The predicted molar refractivity (Wildman–Crippen MR) is 146 cm³/mol. The number of anilines is 2. The van der Waals surface area contributed by atoms with E-state index in [9.17, 15) is 9.59 Å². The second kappa shape index (κ2) is 13.5. The van der Waals surface area contributed by atoms with Crippen LogP contribution < -0.4 is 15.5 Å². The van der Waals surface area contributed by atoms with E-state index in [0.29, 0.717) is 30.5 Å². The zero-order valence-corrected chi connectivity index (χ0v) is 20.9. The van der Waals surface area contributed by atoms with E-state index < -0.39 is 13.2 Å². The lowest BCUT2D eigenvalue weighted by Gasteiger charge is -2.19. The molecule has 0 aliphatic rings. The highest BCUT2D eigenvalue weighted by Crippen LogP contribution is 2.23. The van der Waals surface area contributed by atoms with Gasteiger partial charge in [-0.3, -0.25) is 9.59 Å². The average Bonchev–Trinajstić information content (AvgIpc) is 2.88. The summed E-state index contributed by atoms with van der Waals surface area (Å²) in [4.78, 5) is 28.1. The Bertz CT molecular complexity index is 1120. The Kier molecular flexibility index (Phi) is 10.1. The number of nitrogens with zero attached hydrogens (tertiary/aromatic N) is 1. The number of rotatable bonds is 12. The maximum atomic E-state index is 13.2. The zero-order chi connectivity index (χ0) is 25.9. The van der Waals surface area contributed by atoms with Gasteiger partial charge in [-0.05, 0) is 60.3 Å². The van der Waals surface area contributed by atoms with Crippen LogP contribution in [0.5, 0.6) is 0 Å². The standard InChI is InChI=1S/C28H34BN3O4/c1-32(2)25-17-15-22(16-18-25)27(33)31-26(14-7-4-8-19-29(35)36)28(34)30-24-13-9-12-23(20-24)21-10-5-3-6-11-21/h3,5-6,9-13,15-18,20,26,35-36H,4,7-8,14,19H2,1-2H3,(H,30,34)(H,31,33). The van der Waals surface area contributed by atoms with Gasteiger partial charge in [-0.2, -0.15) is 0 Å². The van der Waals surface area contributed by atoms with E-state index in [1.807, 2.05) is 85.7 Å². The van der Waals surface area contributed by atoms with Crippen LogP contribution in [-0.2, 0) is 4.79 Å². The third-order valence-corrected chi connectivity index (χ3v) is 5.96. The average molecular weight is 487 g/mol. The highest BCUT2D eigenvalue weighted by molar-refractivity contribution is 6.40. The molecule has 1 atom stereocenters. The number of unbranched alkanes of at least 4 members (excludes halogenated alkanes) is 2. The van der Waals surface area contributed by atoms with Crippen molar-refractivity contribution in [1.29, 1.82) is 0 Å². The fourth-order valence-electron chi connectivity index (χ4n) is 3.91. The molecular weight excluding hydrogens is 453 g/mol. The second-order valence-electron chi connectivity index (χ2n) is 9.02. The number of amides is 2. The summed E-state index contributed by atoms with van der Waals surface area (Å²) < 4.78 is 0. The van der Waals surface area contributed by atoms with Crippen LogP contribution in [0.4, 0.5) is 11.4 Å². The summed E-state index contributed by atoms with van der Waals surface area (Å²) in [6, 6.07) is 24.0. The van der Waals surface area contributed by atoms with E-state index in [0.717, 1.165) is 23.2 Å². The van der Waals surface area contributed by atoms with Crippen molar-refractivity contribution in [3.63, 3.8) is 0 Å². The molecule has 8 heteroatoms. The summed E-state index contributed by atoms with van der Waals surface area (Å²) in [7, 11) is 2.53. The first-order valence-electron chi connectivity index (χ1n) is 12.2. The Balaban J connectivity index is 1.70. The molecule has 0 aromatic heterocycles. The van der Waals surface area contributed by atoms with Gasteiger partial charge < -0.3 is 25.6 Å². The normalized spacial score (nSPS) is 11.4. The third-order valence-electron chi connectivity index (χ3n) is 5.96. The largest absolute Gasteiger partial charge is 0.451 e. The third kappa shape index (κ3) is 8.25. The fourth-order valence-corrected chi connectivity index (χ4v) is 3.91. The number of carbonyl (C=O) groups excluding carboxylic acids is 2. The summed E-state index contributed by atoms with van der Waals surface area (Å²) in [6.07, 6.45) is 2.74. The lowest BCUT2D eigenvalue weighted by atomic mass is 9.83. The summed E-state index contributed by atoms with van der Waals surface area (Å²) >= 11 is 0. The van der Waals surface area contributed by atoms with Gasteiger partial charge in [-0.1, -0.05) is 61.7 Å². The molecule has 2 amide bonds. The van der Waals surface area contributed by atoms with E-state index in [2.05, 4.69) is 10.6 Å². The van der Waals surface area contributed by atoms with Crippen molar-refractivity contribution in [1.82, 2.24) is 5.32 Å². The van der Waals surface area contributed by atoms with Gasteiger partial charge in [-0.15, -0.1) is 0 Å². The van der Waals surface area contributed by atoms with Crippen molar-refractivity contribution in [2.75, 3.05) is 24.3 Å². The molecule has 0 heterocycles. The van der Waals surface area contributed by atoms with Gasteiger partial charge in [0.25, 0.3) is 5.91 Å². The summed E-state index contributed by atoms with van der Waals surface area (Å²) in [5.41, 5.74) is 4.14. The molecule has 4 N–H and O–H groups in total. The van der Waals surface area contributed by atoms with Gasteiger partial charge in [0.1, 0.15) is 6.04 Å². The van der Waals surface area contributed by atoms with Crippen molar-refractivity contribution in [2.45, 2.75) is 38.0 Å². The number of carbonyl (C=O) groups is 2. The molecule has 0 aliphatic heterocycles. The zero-order valence-electron chi connectivity index (χ0n) is 20.9. The quantitative estimate of drug-likeness (QED) is 0.227. The van der Waals surface area contributed by atoms with Gasteiger partial charge in [-0.25, -0.2) is 0 Å². The van der Waals surface area contributed by atoms with E-state index in [1.165, 1.54) is 0 Å². The first-order valence-corrected chi connectivity index (χ1v) is 12.2. The monoisotopic (exact) mass is 487 g/mol. The van der Waals surface area contributed by atoms with E-state index in [1.54, 1.807) is 12.1 Å². The van der Waals surface area contributed by atoms with Crippen LogP contribution >= 0.6 is 0 Å². The highest BCUT2D eigenvalue weighted by atomic mass is 16.4. The Morgan fingerprint density at radius 2 is 1.56 bits per heavy atom. The highest BCUT2D eigenvalue weighted by Gasteiger charge is 2.22. The van der Waals surface area contributed by atoms with Gasteiger partial charge in [0.15, 0.2) is 0 Å². The maximum Gasteiger partial charge on any atom is 0.451 e. The van der Waals surface area contributed by atoms with E-state index >= 15 is 0 Å². The number of hydrogen-bond donors (Lipinski definition) is 4. The molecule has 0 saturated carbocycles. The second-order valence-corrected chi connectivity index (χ2v) is 9.02. The number of nitrogens with one attached hydrogen (secondary N) is 2. The smallest absolute Gasteiger partial charge is 0.427 e. The molecule has 36 heavy (non-hydrogen) atoms. The Labute approximate surface area is 213 Å². The van der Waals surface area contributed by atoms with Gasteiger partial charge in [0, 0.05) is 31.0 Å². The van der Waals surface area contributed by atoms with Gasteiger partial charge >= 0.3 is 7.12 Å². The molecule has 0 radical (unpaired) electrons. The lowest BCUT2D eigenvalue weighted by molar-refractivity contribution is -0.118. The minimum Gasteiger partial charge on any atom is -0.427 e. The molecule has 0 fully saturated rings. The minimum absolute atomic E-state index is 0.285. The number of benzene rings is 3. The SMILES string of the molecule is CN(C)c1ccc(C(=O)NC(CCCCCB(O)O)C(=O)Nc2cccc(-c3ccccc3)c2)cc1. The van der Waals surface area contributed by atoms with Crippen molar-refractivity contribution in [3.05, 3.63) is 84.4 Å². The molecule has 0 bridgehead atoms. The Hall–Kier alpha value is -3.62. The molecule has 7 nitrogen and oxygen atoms in total. The predicted octanol–water partition coefficient (Wildman–Crippen LogP) is 4.19. The molecule has 0 aliphatic carbocycles. The van der Waals surface area contributed by atoms with Gasteiger partial charge in [0.2, 0.25) is 5.91 Å². The van der Waals surface area contributed by atoms with Crippen LogP contribution in [0.3, 0.4) is 0 Å². The molecule has 3 aromatic rings. The van der Waals surface area contributed by atoms with Crippen LogP contribution in [0.15, 0.2) is 78.9 Å². The molecule has 3 rings (SSSR count). The fraction of sp³-hybridized carbons (Fsp3) is 0.286. The molecule has 0 spiro atoms.